The van der Waals surface area contributed by atoms with E-state index in [0.717, 1.165) is 16.9 Å². The van der Waals surface area contributed by atoms with E-state index in [2.05, 4.69) is 0 Å². The molecule has 0 saturated carbocycles. The van der Waals surface area contributed by atoms with E-state index >= 15 is 0 Å². The molecule has 0 fully saturated rings. The van der Waals surface area contributed by atoms with Crippen LogP contribution in [0, 0.1) is 5.82 Å². The standard InChI is InChI=1S/C21H24ClFNO3S/c1-14(25)27-20-12-15-13-24(2,11-9-19(15)28-20)21(18(26)8-5-10-22)16-6-3-4-7-17(16)23/h3-4,6-7,12,21H,5,8-11,13H2,1-2H3/q+1. The monoisotopic (exact) mass is 424 g/mol. The number of carbonyl (C=O) groups excluding carboxylic acids is 2. The molecule has 0 saturated heterocycles. The third-order valence-corrected chi connectivity index (χ3v) is 6.57. The van der Waals surface area contributed by atoms with Crippen molar-refractivity contribution in [1.82, 2.24) is 0 Å². The molecule has 1 aliphatic rings. The second kappa shape index (κ2) is 8.72. The summed E-state index contributed by atoms with van der Waals surface area (Å²) in [5.74, 6) is -0.300. The second-order valence-corrected chi connectivity index (χ2v) is 8.88. The van der Waals surface area contributed by atoms with E-state index in [0.29, 0.717) is 46.9 Å². The highest BCUT2D eigenvalue weighted by Crippen LogP contribution is 2.41. The van der Waals surface area contributed by atoms with E-state index in [-0.39, 0.29) is 17.6 Å². The molecule has 0 amide bonds. The van der Waals surface area contributed by atoms with Crippen molar-refractivity contribution in [3.63, 3.8) is 0 Å². The van der Waals surface area contributed by atoms with Crippen molar-refractivity contribution < 1.29 is 23.2 Å². The molecule has 0 bridgehead atoms. The first kappa shape index (κ1) is 21.0. The first-order valence-corrected chi connectivity index (χ1v) is 10.7. The highest BCUT2D eigenvalue weighted by Gasteiger charge is 2.43. The average Bonchev–Trinajstić information content (AvgIpc) is 3.01. The van der Waals surface area contributed by atoms with Crippen LogP contribution in [0.5, 0.6) is 5.06 Å². The van der Waals surface area contributed by atoms with Crippen LogP contribution < -0.4 is 4.74 Å². The third kappa shape index (κ3) is 4.45. The fourth-order valence-corrected chi connectivity index (χ4v) is 5.14. The van der Waals surface area contributed by atoms with E-state index in [1.54, 1.807) is 18.2 Å². The van der Waals surface area contributed by atoms with Crippen molar-refractivity contribution in [2.24, 2.45) is 0 Å². The molecule has 2 heterocycles. The Morgan fingerprint density at radius 3 is 2.79 bits per heavy atom. The van der Waals surface area contributed by atoms with E-state index in [1.807, 2.05) is 13.1 Å². The molecular formula is C21H24ClFNO3S+. The molecule has 4 nitrogen and oxygen atoms in total. The first-order chi connectivity index (χ1) is 13.3. The quantitative estimate of drug-likeness (QED) is 0.369. The Hall–Kier alpha value is -1.76. The molecule has 3 rings (SSSR count). The summed E-state index contributed by atoms with van der Waals surface area (Å²) in [7, 11) is 2.00. The molecule has 2 unspecified atom stereocenters. The SMILES string of the molecule is CC(=O)Oc1cc2c(s1)CC[N+](C)(C(C(=O)CCCCl)c1ccccc1F)C2. The first-order valence-electron chi connectivity index (χ1n) is 9.31. The van der Waals surface area contributed by atoms with Gasteiger partial charge in [-0.05, 0) is 18.6 Å². The largest absolute Gasteiger partial charge is 0.416 e. The van der Waals surface area contributed by atoms with Crippen molar-refractivity contribution >= 4 is 34.7 Å². The van der Waals surface area contributed by atoms with Crippen LogP contribution in [0.4, 0.5) is 4.39 Å². The van der Waals surface area contributed by atoms with Gasteiger partial charge < -0.3 is 9.22 Å². The molecule has 7 heteroatoms. The Labute approximate surface area is 173 Å². The number of hydrogen-bond acceptors (Lipinski definition) is 4. The number of carbonyl (C=O) groups is 2. The number of nitrogens with zero attached hydrogens (tertiary/aromatic N) is 1. The zero-order valence-corrected chi connectivity index (χ0v) is 17.6. The number of hydrogen-bond donors (Lipinski definition) is 0. The zero-order chi connectivity index (χ0) is 20.3. The van der Waals surface area contributed by atoms with Gasteiger partial charge in [0.05, 0.1) is 19.2 Å². The van der Waals surface area contributed by atoms with Gasteiger partial charge in [0.1, 0.15) is 12.4 Å². The lowest BCUT2D eigenvalue weighted by Crippen LogP contribution is -2.52. The summed E-state index contributed by atoms with van der Waals surface area (Å²) in [5.41, 5.74) is 1.49. The van der Waals surface area contributed by atoms with E-state index < -0.39 is 6.04 Å². The molecule has 1 aromatic heterocycles. The molecule has 2 aromatic rings. The maximum atomic E-state index is 14.6. The highest BCUT2D eigenvalue weighted by atomic mass is 35.5. The summed E-state index contributed by atoms with van der Waals surface area (Å²) in [6.07, 6.45) is 1.66. The van der Waals surface area contributed by atoms with Crippen LogP contribution in [0.2, 0.25) is 0 Å². The lowest BCUT2D eigenvalue weighted by molar-refractivity contribution is -0.944. The van der Waals surface area contributed by atoms with Gasteiger partial charge in [-0.25, -0.2) is 4.39 Å². The second-order valence-electron chi connectivity index (χ2n) is 7.40. The minimum atomic E-state index is -0.588. The van der Waals surface area contributed by atoms with Crippen LogP contribution >= 0.6 is 22.9 Å². The van der Waals surface area contributed by atoms with Crippen LogP contribution in [0.15, 0.2) is 30.3 Å². The van der Waals surface area contributed by atoms with Crippen molar-refractivity contribution in [2.75, 3.05) is 19.5 Å². The minimum Gasteiger partial charge on any atom is -0.416 e. The number of alkyl halides is 1. The Balaban J connectivity index is 1.95. The molecule has 1 aromatic carbocycles. The Bertz CT molecular complexity index is 884. The maximum absolute atomic E-state index is 14.6. The van der Waals surface area contributed by atoms with Gasteiger partial charge in [0.25, 0.3) is 0 Å². The van der Waals surface area contributed by atoms with E-state index in [9.17, 15) is 14.0 Å². The maximum Gasteiger partial charge on any atom is 0.308 e. The van der Waals surface area contributed by atoms with E-state index in [4.69, 9.17) is 16.3 Å². The molecule has 1 aliphatic heterocycles. The van der Waals surface area contributed by atoms with Crippen LogP contribution in [-0.4, -0.2) is 35.7 Å². The fraction of sp³-hybridized carbons (Fsp3) is 0.429. The Kier molecular flexibility index (Phi) is 6.53. The molecule has 2 atom stereocenters. The minimum absolute atomic E-state index is 0.00661. The summed E-state index contributed by atoms with van der Waals surface area (Å²) >= 11 is 7.26. The number of thiophene rings is 1. The summed E-state index contributed by atoms with van der Waals surface area (Å²) in [6, 6.07) is 7.80. The topological polar surface area (TPSA) is 43.4 Å². The normalized spacial score (nSPS) is 19.7. The summed E-state index contributed by atoms with van der Waals surface area (Å²) in [4.78, 5) is 25.5. The highest BCUT2D eigenvalue weighted by molar-refractivity contribution is 7.14. The van der Waals surface area contributed by atoms with Gasteiger partial charge in [0.15, 0.2) is 16.9 Å². The van der Waals surface area contributed by atoms with Gasteiger partial charge >= 0.3 is 5.97 Å². The number of rotatable bonds is 7. The van der Waals surface area contributed by atoms with Gasteiger partial charge in [-0.2, -0.15) is 0 Å². The molecular weight excluding hydrogens is 401 g/mol. The number of fused-ring (bicyclic) bond motifs is 1. The number of benzene rings is 1. The predicted molar refractivity (Wildman–Crippen MR) is 108 cm³/mol. The molecule has 28 heavy (non-hydrogen) atoms. The van der Waals surface area contributed by atoms with Gasteiger partial charge in [0, 0.05) is 42.2 Å². The molecule has 0 N–H and O–H groups in total. The molecule has 0 radical (unpaired) electrons. The smallest absolute Gasteiger partial charge is 0.308 e. The fourth-order valence-electron chi connectivity index (χ4n) is 3.95. The van der Waals surface area contributed by atoms with Crippen molar-refractivity contribution in [1.29, 1.82) is 0 Å². The molecule has 0 aliphatic carbocycles. The van der Waals surface area contributed by atoms with Crippen LogP contribution in [0.3, 0.4) is 0 Å². The van der Waals surface area contributed by atoms with Crippen LogP contribution in [-0.2, 0) is 22.6 Å². The number of quaternary nitrogens is 1. The third-order valence-electron chi connectivity index (χ3n) is 5.18. The number of ether oxygens (including phenoxy) is 1. The van der Waals surface area contributed by atoms with E-state index in [1.165, 1.54) is 24.3 Å². The number of halogens is 2. The summed E-state index contributed by atoms with van der Waals surface area (Å²) < 4.78 is 20.3. The van der Waals surface area contributed by atoms with Gasteiger partial charge in [-0.15, -0.1) is 22.9 Å². The van der Waals surface area contributed by atoms with Crippen LogP contribution in [0.25, 0.3) is 0 Å². The predicted octanol–water partition coefficient (Wildman–Crippen LogP) is 4.64. The Morgan fingerprint density at radius 1 is 1.36 bits per heavy atom. The summed E-state index contributed by atoms with van der Waals surface area (Å²) in [6.45, 7) is 2.67. The summed E-state index contributed by atoms with van der Waals surface area (Å²) in [5, 5.41) is 0.571. The van der Waals surface area contributed by atoms with Gasteiger partial charge in [0.2, 0.25) is 0 Å². The van der Waals surface area contributed by atoms with Crippen molar-refractivity contribution in [3.05, 3.63) is 52.2 Å². The molecule has 150 valence electrons. The number of ketones is 1. The van der Waals surface area contributed by atoms with Crippen LogP contribution in [0.1, 0.15) is 41.8 Å². The number of likely N-dealkylation sites (N-methyl/N-ethyl adjacent to an activating group) is 1. The number of Topliss-reactive ketones (excluding diaryl/α,β-unsaturated/α-hetero) is 1. The lowest BCUT2D eigenvalue weighted by atomic mass is 9.92. The van der Waals surface area contributed by atoms with Gasteiger partial charge in [-0.3, -0.25) is 9.59 Å². The number of esters is 1. The average molecular weight is 425 g/mol. The lowest BCUT2D eigenvalue weighted by Gasteiger charge is -2.43. The zero-order valence-electron chi connectivity index (χ0n) is 16.0. The molecule has 0 spiro atoms. The van der Waals surface area contributed by atoms with Crippen molar-refractivity contribution in [3.8, 4) is 5.06 Å². The van der Waals surface area contributed by atoms with Gasteiger partial charge in [-0.1, -0.05) is 12.1 Å². The van der Waals surface area contributed by atoms with Crippen molar-refractivity contribution in [2.45, 2.75) is 38.8 Å². The Morgan fingerprint density at radius 2 is 2.11 bits per heavy atom.